The van der Waals surface area contributed by atoms with Crippen LogP contribution in [0.25, 0.3) is 0 Å². The lowest BCUT2D eigenvalue weighted by atomic mass is 9.97. The highest BCUT2D eigenvalue weighted by atomic mass is 16.5. The number of carbonyl (C=O) groups is 1. The predicted octanol–water partition coefficient (Wildman–Crippen LogP) is 3.58. The predicted molar refractivity (Wildman–Crippen MR) is 80.8 cm³/mol. The maximum absolute atomic E-state index is 11.7. The lowest BCUT2D eigenvalue weighted by molar-refractivity contribution is -0.154. The smallest absolute Gasteiger partial charge is 0.311 e. The maximum atomic E-state index is 11.7. The number of ether oxygens (including phenoxy) is 3. The van der Waals surface area contributed by atoms with E-state index in [2.05, 4.69) is 0 Å². The van der Waals surface area contributed by atoms with Crippen LogP contribution in [0.4, 0.5) is 0 Å². The van der Waals surface area contributed by atoms with Crippen molar-refractivity contribution in [2.45, 2.75) is 72.5 Å². The van der Waals surface area contributed by atoms with Crippen LogP contribution < -0.4 is 0 Å². The van der Waals surface area contributed by atoms with Gasteiger partial charge in [0, 0.05) is 13.5 Å². The topological polar surface area (TPSA) is 44.8 Å². The van der Waals surface area contributed by atoms with Gasteiger partial charge in [0.15, 0.2) is 0 Å². The molecule has 0 fully saturated rings. The Morgan fingerprint density at radius 1 is 0.850 bits per heavy atom. The summed E-state index contributed by atoms with van der Waals surface area (Å²) < 4.78 is 16.5. The van der Waals surface area contributed by atoms with Gasteiger partial charge in [-0.15, -0.1) is 0 Å². The highest BCUT2D eigenvalue weighted by Crippen LogP contribution is 2.20. The Morgan fingerprint density at radius 3 is 1.80 bits per heavy atom. The van der Waals surface area contributed by atoms with Gasteiger partial charge in [0.05, 0.1) is 29.8 Å². The molecule has 0 aromatic rings. The first kappa shape index (κ1) is 19.4. The summed E-state index contributed by atoms with van der Waals surface area (Å²) in [7, 11) is 1.71. The van der Waals surface area contributed by atoms with Crippen LogP contribution in [0.5, 0.6) is 0 Å². The van der Waals surface area contributed by atoms with E-state index in [-0.39, 0.29) is 17.2 Å². The van der Waals surface area contributed by atoms with Crippen LogP contribution in [0, 0.1) is 5.41 Å². The van der Waals surface area contributed by atoms with E-state index < -0.39 is 5.41 Å². The first-order valence-corrected chi connectivity index (χ1v) is 7.26. The Balaban J connectivity index is 4.00. The molecule has 120 valence electrons. The fourth-order valence-corrected chi connectivity index (χ4v) is 1.35. The molecule has 4 heteroatoms. The quantitative estimate of drug-likeness (QED) is 0.640. The SMILES string of the molecule is COC(C)(C)CCOC(C)(C)CCOC(=O)C(C)(C)C. The zero-order valence-electron chi connectivity index (χ0n) is 14.5. The Bertz CT molecular complexity index is 300. The fourth-order valence-electron chi connectivity index (χ4n) is 1.35. The Labute approximate surface area is 124 Å². The van der Waals surface area contributed by atoms with E-state index in [1.165, 1.54) is 0 Å². The van der Waals surface area contributed by atoms with E-state index in [4.69, 9.17) is 14.2 Å². The minimum absolute atomic E-state index is 0.172. The first-order valence-electron chi connectivity index (χ1n) is 7.26. The van der Waals surface area contributed by atoms with Crippen molar-refractivity contribution < 1.29 is 19.0 Å². The molecule has 0 atom stereocenters. The third-order valence-electron chi connectivity index (χ3n) is 3.30. The number of methoxy groups -OCH3 is 1. The molecule has 0 aliphatic heterocycles. The van der Waals surface area contributed by atoms with Crippen LogP contribution in [0.3, 0.4) is 0 Å². The summed E-state index contributed by atoms with van der Waals surface area (Å²) in [4.78, 5) is 11.7. The van der Waals surface area contributed by atoms with Gasteiger partial charge in [-0.2, -0.15) is 0 Å². The molecular formula is C16H32O4. The normalized spacial score (nSPS) is 13.4. The molecule has 20 heavy (non-hydrogen) atoms. The molecule has 0 aliphatic rings. The van der Waals surface area contributed by atoms with E-state index in [1.807, 2.05) is 48.5 Å². The van der Waals surface area contributed by atoms with Gasteiger partial charge in [0.2, 0.25) is 0 Å². The van der Waals surface area contributed by atoms with Crippen LogP contribution in [0.2, 0.25) is 0 Å². The standard InChI is InChI=1S/C16H32O4/c1-14(2,3)13(17)19-11-9-16(6,7)20-12-10-15(4,5)18-8/h9-12H2,1-8H3. The summed E-state index contributed by atoms with van der Waals surface area (Å²) in [5, 5.41) is 0. The van der Waals surface area contributed by atoms with Crippen LogP contribution >= 0.6 is 0 Å². The van der Waals surface area contributed by atoms with Gasteiger partial charge < -0.3 is 14.2 Å². The van der Waals surface area contributed by atoms with Crippen molar-refractivity contribution >= 4 is 5.97 Å². The first-order chi connectivity index (χ1) is 8.90. The lowest BCUT2D eigenvalue weighted by Gasteiger charge is -2.29. The molecule has 0 radical (unpaired) electrons. The van der Waals surface area contributed by atoms with E-state index in [9.17, 15) is 4.79 Å². The molecule has 0 amide bonds. The van der Waals surface area contributed by atoms with Crippen molar-refractivity contribution in [1.29, 1.82) is 0 Å². The maximum Gasteiger partial charge on any atom is 0.311 e. The second-order valence-corrected chi connectivity index (χ2v) is 7.46. The van der Waals surface area contributed by atoms with Crippen LogP contribution in [0.1, 0.15) is 61.3 Å². The molecule has 0 aliphatic carbocycles. The van der Waals surface area contributed by atoms with Gasteiger partial charge >= 0.3 is 5.97 Å². The van der Waals surface area contributed by atoms with Gasteiger partial charge in [-0.05, 0) is 54.9 Å². The molecule has 0 heterocycles. The molecule has 0 unspecified atom stereocenters. The molecule has 0 N–H and O–H groups in total. The second kappa shape index (κ2) is 7.41. The van der Waals surface area contributed by atoms with Crippen molar-refractivity contribution in [2.75, 3.05) is 20.3 Å². The van der Waals surface area contributed by atoms with Crippen LogP contribution in [-0.2, 0) is 19.0 Å². The Morgan fingerprint density at radius 2 is 1.35 bits per heavy atom. The van der Waals surface area contributed by atoms with E-state index in [0.29, 0.717) is 19.6 Å². The molecule has 0 rings (SSSR count). The van der Waals surface area contributed by atoms with Gasteiger partial charge in [-0.3, -0.25) is 4.79 Å². The van der Waals surface area contributed by atoms with Crippen molar-refractivity contribution in [3.8, 4) is 0 Å². The minimum Gasteiger partial charge on any atom is -0.465 e. The number of esters is 1. The second-order valence-electron chi connectivity index (χ2n) is 7.46. The molecule has 0 spiro atoms. The van der Waals surface area contributed by atoms with E-state index in [0.717, 1.165) is 6.42 Å². The van der Waals surface area contributed by atoms with Gasteiger partial charge in [0.25, 0.3) is 0 Å². The van der Waals surface area contributed by atoms with Crippen molar-refractivity contribution in [3.05, 3.63) is 0 Å². The summed E-state index contributed by atoms with van der Waals surface area (Å²) >= 11 is 0. The third kappa shape index (κ3) is 8.54. The van der Waals surface area contributed by atoms with Crippen molar-refractivity contribution in [1.82, 2.24) is 0 Å². The average Bonchev–Trinajstić information content (AvgIpc) is 2.26. The van der Waals surface area contributed by atoms with Crippen LogP contribution in [0.15, 0.2) is 0 Å². The molecular weight excluding hydrogens is 256 g/mol. The number of rotatable bonds is 8. The third-order valence-corrected chi connectivity index (χ3v) is 3.30. The zero-order valence-corrected chi connectivity index (χ0v) is 14.5. The van der Waals surface area contributed by atoms with Crippen LogP contribution in [-0.4, -0.2) is 37.5 Å². The van der Waals surface area contributed by atoms with Crippen molar-refractivity contribution in [2.24, 2.45) is 5.41 Å². The number of carbonyl (C=O) groups excluding carboxylic acids is 1. The van der Waals surface area contributed by atoms with Gasteiger partial charge in [-0.25, -0.2) is 0 Å². The molecule has 0 saturated heterocycles. The van der Waals surface area contributed by atoms with Gasteiger partial charge in [0.1, 0.15) is 0 Å². The minimum atomic E-state index is -0.451. The number of hydrogen-bond acceptors (Lipinski definition) is 4. The Kier molecular flexibility index (Phi) is 7.19. The molecule has 0 aromatic carbocycles. The summed E-state index contributed by atoms with van der Waals surface area (Å²) in [6.07, 6.45) is 1.51. The largest absolute Gasteiger partial charge is 0.465 e. The summed E-state index contributed by atoms with van der Waals surface area (Å²) in [6.45, 7) is 14.7. The highest BCUT2D eigenvalue weighted by Gasteiger charge is 2.25. The molecule has 4 nitrogen and oxygen atoms in total. The lowest BCUT2D eigenvalue weighted by Crippen LogP contribution is -2.32. The zero-order chi connectivity index (χ0) is 16.0. The monoisotopic (exact) mass is 288 g/mol. The van der Waals surface area contributed by atoms with E-state index >= 15 is 0 Å². The number of hydrogen-bond donors (Lipinski definition) is 0. The summed E-state index contributed by atoms with van der Waals surface area (Å²) in [5.41, 5.74) is -0.926. The summed E-state index contributed by atoms with van der Waals surface area (Å²) in [6, 6.07) is 0. The van der Waals surface area contributed by atoms with E-state index in [1.54, 1.807) is 7.11 Å². The molecule has 0 saturated carbocycles. The average molecular weight is 288 g/mol. The molecule has 0 bridgehead atoms. The fraction of sp³-hybridized carbons (Fsp3) is 0.938. The molecule has 0 aromatic heterocycles. The Hall–Kier alpha value is -0.610. The highest BCUT2D eigenvalue weighted by molar-refractivity contribution is 5.75. The van der Waals surface area contributed by atoms with Gasteiger partial charge in [-0.1, -0.05) is 0 Å². The van der Waals surface area contributed by atoms with Crippen molar-refractivity contribution in [3.63, 3.8) is 0 Å². The summed E-state index contributed by atoms with van der Waals surface area (Å²) in [5.74, 6) is -0.172.